The largest absolute Gasteiger partial charge is 0.483 e. The zero-order chi connectivity index (χ0) is 27.5. The van der Waals surface area contributed by atoms with Gasteiger partial charge >= 0.3 is 5.97 Å². The number of halogens is 1. The maximum absolute atomic E-state index is 12.2. The Morgan fingerprint density at radius 1 is 1.34 bits per heavy atom. The average molecular weight is 537 g/mol. The van der Waals surface area contributed by atoms with E-state index in [1.54, 1.807) is 36.5 Å². The lowest BCUT2D eigenvalue weighted by Gasteiger charge is -2.24. The van der Waals surface area contributed by atoms with Crippen LogP contribution in [-0.2, 0) is 14.3 Å². The Morgan fingerprint density at radius 3 is 2.68 bits per heavy atom. The highest BCUT2D eigenvalue weighted by Gasteiger charge is 2.41. The number of hydrogen-bond donors (Lipinski definition) is 2. The van der Waals surface area contributed by atoms with Gasteiger partial charge in [-0.3, -0.25) is 4.79 Å². The number of ether oxygens (including phenoxy) is 2. The molecule has 1 saturated heterocycles. The molecule has 3 atom stereocenters. The Kier molecular flexibility index (Phi) is 10.0. The lowest BCUT2D eigenvalue weighted by Crippen LogP contribution is -2.34. The highest BCUT2D eigenvalue weighted by Crippen LogP contribution is 2.38. The number of nitrogen functional groups attached to an aromatic ring is 1. The monoisotopic (exact) mass is 536 g/mol. The zero-order valence-corrected chi connectivity index (χ0v) is 21.6. The first-order valence-electron chi connectivity index (χ1n) is 11.9. The molecule has 0 bridgehead atoms. The van der Waals surface area contributed by atoms with Crippen LogP contribution in [0.4, 0.5) is 5.82 Å². The first-order valence-corrected chi connectivity index (χ1v) is 12.3. The van der Waals surface area contributed by atoms with E-state index in [1.807, 2.05) is 10.6 Å². The van der Waals surface area contributed by atoms with Crippen LogP contribution in [0.15, 0.2) is 66.9 Å². The summed E-state index contributed by atoms with van der Waals surface area (Å²) in [5.74, 6) is 3.27. The summed E-state index contributed by atoms with van der Waals surface area (Å²) in [5, 5.41) is 7.63. The Labute approximate surface area is 225 Å². The van der Waals surface area contributed by atoms with Crippen molar-refractivity contribution in [1.82, 2.24) is 14.5 Å². The summed E-state index contributed by atoms with van der Waals surface area (Å²) >= 11 is 5.94. The topological polar surface area (TPSA) is 130 Å². The number of nitrogens with two attached hydrogens (primary N) is 1. The molecule has 1 aromatic carbocycles. The molecule has 10 heteroatoms. The van der Waals surface area contributed by atoms with Gasteiger partial charge in [-0.1, -0.05) is 55.3 Å². The third-order valence-corrected chi connectivity index (χ3v) is 6.11. The average Bonchev–Trinajstić information content (AvgIpc) is 3.54. The zero-order valence-electron chi connectivity index (χ0n) is 20.9. The number of terminal acetylenes is 1. The highest BCUT2D eigenvalue weighted by atomic mass is 35.5. The van der Waals surface area contributed by atoms with Crippen molar-refractivity contribution in [1.29, 1.82) is 0 Å². The lowest BCUT2D eigenvalue weighted by molar-refractivity contribution is -0.122. The number of allylic oxidation sites excluding steroid dienone is 4. The molecule has 3 aromatic rings. The van der Waals surface area contributed by atoms with Gasteiger partial charge in [-0.2, -0.15) is 4.98 Å². The van der Waals surface area contributed by atoms with Gasteiger partial charge in [-0.25, -0.2) is 9.78 Å². The number of carbonyl (C=O) groups is 2. The molecule has 2 aliphatic rings. The third kappa shape index (κ3) is 7.22. The highest BCUT2D eigenvalue weighted by molar-refractivity contribution is 6.28. The Balaban J connectivity index is 0.000000338. The summed E-state index contributed by atoms with van der Waals surface area (Å²) in [4.78, 5) is 28.8. The molecule has 3 heterocycles. The molecular formula is C28H29ClN4O5. The molecule has 5 rings (SSSR count). The Morgan fingerprint density at radius 2 is 2.08 bits per heavy atom. The van der Waals surface area contributed by atoms with E-state index >= 15 is 0 Å². The second-order valence-corrected chi connectivity index (χ2v) is 9.00. The molecule has 1 aliphatic carbocycles. The molecule has 2 aromatic heterocycles. The second kappa shape index (κ2) is 13.4. The number of esters is 1. The maximum atomic E-state index is 12.2. The number of fused-ring (bicyclic) bond motifs is 1. The van der Waals surface area contributed by atoms with Crippen LogP contribution in [0.3, 0.4) is 0 Å². The molecule has 198 valence electrons. The van der Waals surface area contributed by atoms with Crippen LogP contribution in [0.2, 0.25) is 5.28 Å². The van der Waals surface area contributed by atoms with Crippen LogP contribution in [0.5, 0.6) is 0 Å². The fourth-order valence-corrected chi connectivity index (χ4v) is 4.16. The van der Waals surface area contributed by atoms with E-state index in [-0.39, 0.29) is 24.6 Å². The molecule has 9 nitrogen and oxygen atoms in total. The summed E-state index contributed by atoms with van der Waals surface area (Å²) in [6.07, 6.45) is 18.2. The van der Waals surface area contributed by atoms with Gasteiger partial charge in [0, 0.05) is 6.20 Å². The second-order valence-electron chi connectivity index (χ2n) is 8.66. The maximum Gasteiger partial charge on any atom is 0.338 e. The van der Waals surface area contributed by atoms with Gasteiger partial charge in [0.2, 0.25) is 5.28 Å². The van der Waals surface area contributed by atoms with Crippen molar-refractivity contribution in [2.24, 2.45) is 5.92 Å². The fraction of sp³-hybridized carbons (Fsp3) is 0.286. The predicted molar refractivity (Wildman–Crippen MR) is 145 cm³/mol. The van der Waals surface area contributed by atoms with Gasteiger partial charge in [0.15, 0.2) is 5.60 Å². The molecule has 0 spiro atoms. The minimum atomic E-state index is -1.01. The van der Waals surface area contributed by atoms with Crippen molar-refractivity contribution in [3.8, 4) is 12.3 Å². The SMILES string of the molecule is C#CC1(COC(=O)c2ccccc2)CCC(n2ccc3c(N)nc(Cl)nc32)O1.CC1C=CC=CC1.O=CO. The van der Waals surface area contributed by atoms with E-state index in [0.29, 0.717) is 35.3 Å². The van der Waals surface area contributed by atoms with Crippen molar-refractivity contribution in [2.75, 3.05) is 12.3 Å². The van der Waals surface area contributed by atoms with Crippen LogP contribution in [0, 0.1) is 18.3 Å². The van der Waals surface area contributed by atoms with Crippen LogP contribution in [0.25, 0.3) is 11.0 Å². The van der Waals surface area contributed by atoms with E-state index < -0.39 is 11.6 Å². The summed E-state index contributed by atoms with van der Waals surface area (Å²) in [6.45, 7) is 1.94. The molecule has 1 fully saturated rings. The van der Waals surface area contributed by atoms with E-state index in [1.165, 1.54) is 6.42 Å². The number of benzene rings is 1. The Bertz CT molecular complexity index is 1350. The normalized spacial score (nSPS) is 21.4. The van der Waals surface area contributed by atoms with Gasteiger partial charge in [0.05, 0.1) is 10.9 Å². The number of nitrogens with zero attached hydrogens (tertiary/aromatic N) is 3. The summed E-state index contributed by atoms with van der Waals surface area (Å²) < 4.78 is 13.4. The predicted octanol–water partition coefficient (Wildman–Crippen LogP) is 5.04. The van der Waals surface area contributed by atoms with Crippen molar-refractivity contribution < 1.29 is 24.2 Å². The summed E-state index contributed by atoms with van der Waals surface area (Å²) in [7, 11) is 0. The van der Waals surface area contributed by atoms with Gasteiger partial charge < -0.3 is 24.9 Å². The standard InChI is InChI=1S/C20H17ClN4O3.C7H10.CH2O2/c1-2-20(12-27-18(26)13-6-4-3-5-7-13)10-8-15(28-20)25-11-9-14-16(22)23-19(21)24-17(14)25;1-7-5-3-2-4-6-7;2-1-3/h1,3-7,9,11,15H,8,10,12H2,(H2,22,23,24);2-5,7H,6H2,1H3;1H,(H,2,3). The summed E-state index contributed by atoms with van der Waals surface area (Å²) in [5.41, 5.74) is 5.93. The van der Waals surface area contributed by atoms with Crippen LogP contribution >= 0.6 is 11.6 Å². The third-order valence-electron chi connectivity index (χ3n) is 5.94. The fourth-order valence-electron chi connectivity index (χ4n) is 3.99. The molecule has 3 unspecified atom stereocenters. The van der Waals surface area contributed by atoms with Crippen molar-refractivity contribution in [3.05, 3.63) is 77.7 Å². The van der Waals surface area contributed by atoms with E-state index in [9.17, 15) is 4.79 Å². The van der Waals surface area contributed by atoms with Crippen LogP contribution in [0.1, 0.15) is 42.8 Å². The summed E-state index contributed by atoms with van der Waals surface area (Å²) in [6, 6.07) is 10.5. The quantitative estimate of drug-likeness (QED) is 0.205. The van der Waals surface area contributed by atoms with Gasteiger partial charge in [-0.15, -0.1) is 6.42 Å². The first kappa shape index (κ1) is 28.4. The molecular weight excluding hydrogens is 508 g/mol. The van der Waals surface area contributed by atoms with Gasteiger partial charge in [-0.05, 0) is 55.0 Å². The van der Waals surface area contributed by atoms with E-state index in [4.69, 9.17) is 43.1 Å². The minimum Gasteiger partial charge on any atom is -0.483 e. The number of hydrogen-bond acceptors (Lipinski definition) is 7. The van der Waals surface area contributed by atoms with Gasteiger partial charge in [0.25, 0.3) is 6.47 Å². The minimum absolute atomic E-state index is 0.0369. The molecule has 1 aliphatic heterocycles. The molecule has 0 amide bonds. The lowest BCUT2D eigenvalue weighted by atomic mass is 10.0. The molecule has 3 N–H and O–H groups in total. The van der Waals surface area contributed by atoms with Crippen molar-refractivity contribution in [3.63, 3.8) is 0 Å². The Hall–Kier alpha value is -4.13. The molecule has 0 radical (unpaired) electrons. The number of rotatable bonds is 4. The first-order chi connectivity index (χ1) is 18.3. The number of carboxylic acid groups (broad SMARTS) is 1. The molecule has 0 saturated carbocycles. The van der Waals surface area contributed by atoms with Crippen molar-refractivity contribution in [2.45, 2.75) is 38.0 Å². The number of anilines is 1. The van der Waals surface area contributed by atoms with E-state index in [0.717, 1.165) is 5.92 Å². The van der Waals surface area contributed by atoms with Crippen LogP contribution in [-0.4, -0.2) is 44.3 Å². The van der Waals surface area contributed by atoms with Crippen molar-refractivity contribution >= 4 is 40.9 Å². The number of carbonyl (C=O) groups excluding carboxylic acids is 1. The number of aromatic nitrogens is 3. The van der Waals surface area contributed by atoms with Gasteiger partial charge in [0.1, 0.15) is 24.3 Å². The smallest absolute Gasteiger partial charge is 0.338 e. The molecule has 38 heavy (non-hydrogen) atoms. The van der Waals surface area contributed by atoms with E-state index in [2.05, 4.69) is 47.1 Å². The van der Waals surface area contributed by atoms with Crippen LogP contribution < -0.4 is 5.73 Å².